The predicted octanol–water partition coefficient (Wildman–Crippen LogP) is 5.64. The summed E-state index contributed by atoms with van der Waals surface area (Å²) < 4.78 is 0. The van der Waals surface area contributed by atoms with Crippen molar-refractivity contribution in [3.63, 3.8) is 0 Å². The zero-order chi connectivity index (χ0) is 15.1. The Hall–Kier alpha value is -2.02. The Morgan fingerprint density at radius 3 is 2.64 bits per heavy atom. The van der Waals surface area contributed by atoms with Gasteiger partial charge in [-0.25, -0.2) is 0 Å². The topological polar surface area (TPSA) is 12.0 Å². The fourth-order valence-electron chi connectivity index (χ4n) is 3.96. The summed E-state index contributed by atoms with van der Waals surface area (Å²) in [5.41, 5.74) is 5.64. The van der Waals surface area contributed by atoms with Crippen molar-refractivity contribution in [1.29, 1.82) is 0 Å². The molecule has 1 aliphatic carbocycles. The monoisotopic (exact) mass is 289 g/mol. The van der Waals surface area contributed by atoms with Gasteiger partial charge in [0, 0.05) is 11.6 Å². The van der Waals surface area contributed by atoms with Gasteiger partial charge in [-0.1, -0.05) is 68.5 Å². The molecule has 1 aliphatic heterocycles. The van der Waals surface area contributed by atoms with Crippen LogP contribution in [0.25, 0.3) is 0 Å². The SMILES string of the molecule is CC(C)c1ccc2c(c1)[C@H]1C=CC[C@H]1[C@@H](c1ccccc1)N2. The van der Waals surface area contributed by atoms with Crippen LogP contribution < -0.4 is 5.32 Å². The van der Waals surface area contributed by atoms with Crippen LogP contribution in [-0.2, 0) is 0 Å². The molecule has 0 aromatic heterocycles. The van der Waals surface area contributed by atoms with Crippen molar-refractivity contribution < 1.29 is 0 Å². The van der Waals surface area contributed by atoms with Gasteiger partial charge < -0.3 is 5.32 Å². The van der Waals surface area contributed by atoms with Gasteiger partial charge in [0.15, 0.2) is 0 Å². The van der Waals surface area contributed by atoms with E-state index in [1.165, 1.54) is 28.8 Å². The lowest BCUT2D eigenvalue weighted by Gasteiger charge is -2.38. The number of hydrogen-bond donors (Lipinski definition) is 1. The van der Waals surface area contributed by atoms with E-state index in [4.69, 9.17) is 0 Å². The van der Waals surface area contributed by atoms with Crippen molar-refractivity contribution >= 4 is 5.69 Å². The molecule has 0 amide bonds. The number of hydrogen-bond acceptors (Lipinski definition) is 1. The highest BCUT2D eigenvalue weighted by atomic mass is 15.0. The smallest absolute Gasteiger partial charge is 0.0553 e. The van der Waals surface area contributed by atoms with Gasteiger partial charge in [-0.2, -0.15) is 0 Å². The third kappa shape index (κ3) is 2.16. The molecule has 0 saturated heterocycles. The van der Waals surface area contributed by atoms with E-state index in [-0.39, 0.29) is 0 Å². The Morgan fingerprint density at radius 1 is 1.05 bits per heavy atom. The first-order valence-corrected chi connectivity index (χ1v) is 8.36. The summed E-state index contributed by atoms with van der Waals surface area (Å²) in [6, 6.07) is 18.3. The first-order valence-electron chi connectivity index (χ1n) is 8.36. The lowest BCUT2D eigenvalue weighted by molar-refractivity contribution is 0.425. The molecule has 2 aliphatic rings. The van der Waals surface area contributed by atoms with Crippen molar-refractivity contribution in [1.82, 2.24) is 0 Å². The quantitative estimate of drug-likeness (QED) is 0.706. The van der Waals surface area contributed by atoms with Crippen molar-refractivity contribution in [3.05, 3.63) is 77.4 Å². The van der Waals surface area contributed by atoms with E-state index in [0.29, 0.717) is 23.8 Å². The van der Waals surface area contributed by atoms with Gasteiger partial charge in [-0.15, -0.1) is 0 Å². The van der Waals surface area contributed by atoms with Crippen LogP contribution in [0.1, 0.15) is 54.8 Å². The second kappa shape index (κ2) is 5.31. The van der Waals surface area contributed by atoms with Crippen LogP contribution >= 0.6 is 0 Å². The summed E-state index contributed by atoms with van der Waals surface area (Å²) in [6.45, 7) is 4.54. The van der Waals surface area contributed by atoms with Crippen LogP contribution in [0.15, 0.2) is 60.7 Å². The fourth-order valence-corrected chi connectivity index (χ4v) is 3.96. The first-order chi connectivity index (χ1) is 10.7. The van der Waals surface area contributed by atoms with E-state index < -0.39 is 0 Å². The third-order valence-electron chi connectivity index (χ3n) is 5.21. The molecule has 0 unspecified atom stereocenters. The van der Waals surface area contributed by atoms with Crippen LogP contribution in [0, 0.1) is 5.92 Å². The second-order valence-electron chi connectivity index (χ2n) is 6.89. The summed E-state index contributed by atoms with van der Waals surface area (Å²) in [4.78, 5) is 0. The lowest BCUT2D eigenvalue weighted by atomic mass is 9.76. The minimum absolute atomic E-state index is 0.415. The van der Waals surface area contributed by atoms with Crippen LogP contribution in [0.5, 0.6) is 0 Å². The number of allylic oxidation sites excluding steroid dienone is 2. The van der Waals surface area contributed by atoms with Crippen molar-refractivity contribution in [3.8, 4) is 0 Å². The van der Waals surface area contributed by atoms with E-state index in [1.807, 2.05) is 0 Å². The van der Waals surface area contributed by atoms with Crippen molar-refractivity contribution in [2.75, 3.05) is 5.32 Å². The molecular formula is C21H23N. The predicted molar refractivity (Wildman–Crippen MR) is 93.3 cm³/mol. The minimum atomic E-state index is 0.415. The van der Waals surface area contributed by atoms with Crippen LogP contribution in [0.4, 0.5) is 5.69 Å². The molecule has 1 N–H and O–H groups in total. The maximum atomic E-state index is 3.81. The number of rotatable bonds is 2. The summed E-state index contributed by atoms with van der Waals surface area (Å²) in [7, 11) is 0. The average Bonchev–Trinajstić information content (AvgIpc) is 3.04. The van der Waals surface area contributed by atoms with Gasteiger partial charge in [0.05, 0.1) is 6.04 Å². The molecule has 1 nitrogen and oxygen atoms in total. The summed E-state index contributed by atoms with van der Waals surface area (Å²) in [5.74, 6) is 1.78. The van der Waals surface area contributed by atoms with E-state index >= 15 is 0 Å². The molecule has 1 heterocycles. The van der Waals surface area contributed by atoms with Gasteiger partial charge in [0.1, 0.15) is 0 Å². The molecule has 1 heteroatoms. The normalized spacial score (nSPS) is 25.7. The van der Waals surface area contributed by atoms with Crippen LogP contribution in [0.2, 0.25) is 0 Å². The molecule has 0 spiro atoms. The molecule has 2 aromatic carbocycles. The largest absolute Gasteiger partial charge is 0.378 e. The minimum Gasteiger partial charge on any atom is -0.378 e. The first kappa shape index (κ1) is 13.6. The van der Waals surface area contributed by atoms with Crippen molar-refractivity contribution in [2.45, 2.75) is 38.1 Å². The van der Waals surface area contributed by atoms with Gasteiger partial charge in [0.25, 0.3) is 0 Å². The third-order valence-corrected chi connectivity index (χ3v) is 5.21. The maximum absolute atomic E-state index is 3.81. The van der Waals surface area contributed by atoms with Crippen LogP contribution in [-0.4, -0.2) is 0 Å². The molecule has 0 bridgehead atoms. The highest BCUT2D eigenvalue weighted by Crippen LogP contribution is 2.50. The van der Waals surface area contributed by atoms with E-state index in [2.05, 4.69) is 79.8 Å². The molecular weight excluding hydrogens is 266 g/mol. The number of anilines is 1. The highest BCUT2D eigenvalue weighted by molar-refractivity contribution is 5.61. The van der Waals surface area contributed by atoms with Gasteiger partial charge >= 0.3 is 0 Å². The average molecular weight is 289 g/mol. The summed E-state index contributed by atoms with van der Waals surface area (Å²) in [6.07, 6.45) is 5.96. The number of fused-ring (bicyclic) bond motifs is 3. The Bertz CT molecular complexity index is 699. The highest BCUT2D eigenvalue weighted by Gasteiger charge is 2.37. The van der Waals surface area contributed by atoms with Gasteiger partial charge in [-0.05, 0) is 41.0 Å². The standard InChI is InChI=1S/C21H23N/c1-14(2)16-11-12-20-19(13-16)17-9-6-10-18(17)21(22-20)15-7-4-3-5-8-15/h3-9,11-14,17-18,21-22H,10H2,1-2H3/t17-,18+,21+/m0/s1. The Balaban J connectivity index is 1.77. The number of benzene rings is 2. The summed E-state index contributed by atoms with van der Waals surface area (Å²) in [5, 5.41) is 3.81. The molecule has 0 saturated carbocycles. The Kier molecular flexibility index (Phi) is 3.29. The Labute approximate surface area is 133 Å². The molecule has 112 valence electrons. The lowest BCUT2D eigenvalue weighted by Crippen LogP contribution is -2.29. The van der Waals surface area contributed by atoms with Crippen molar-refractivity contribution in [2.24, 2.45) is 5.92 Å². The zero-order valence-electron chi connectivity index (χ0n) is 13.3. The van der Waals surface area contributed by atoms with E-state index in [1.54, 1.807) is 0 Å². The molecule has 22 heavy (non-hydrogen) atoms. The molecule has 0 radical (unpaired) electrons. The van der Waals surface area contributed by atoms with E-state index in [0.717, 1.165) is 0 Å². The Morgan fingerprint density at radius 2 is 1.86 bits per heavy atom. The molecule has 2 aromatic rings. The van der Waals surface area contributed by atoms with Gasteiger partial charge in [-0.3, -0.25) is 0 Å². The summed E-state index contributed by atoms with van der Waals surface area (Å²) >= 11 is 0. The molecule has 3 atom stereocenters. The molecule has 0 fully saturated rings. The maximum Gasteiger partial charge on any atom is 0.0553 e. The number of nitrogens with one attached hydrogen (secondary N) is 1. The zero-order valence-corrected chi connectivity index (χ0v) is 13.3. The molecule has 4 rings (SSSR count). The fraction of sp³-hybridized carbons (Fsp3) is 0.333. The van der Waals surface area contributed by atoms with E-state index in [9.17, 15) is 0 Å². The van der Waals surface area contributed by atoms with Crippen LogP contribution in [0.3, 0.4) is 0 Å². The van der Waals surface area contributed by atoms with Gasteiger partial charge in [0.2, 0.25) is 0 Å². The second-order valence-corrected chi connectivity index (χ2v) is 6.89.